The molecule has 332 valence electrons. The molecule has 1 N–H and O–H groups in total. The number of hydrogen-bond donors (Lipinski definition) is 1. The lowest BCUT2D eigenvalue weighted by atomic mass is 9.69. The predicted octanol–water partition coefficient (Wildman–Crippen LogP) is 11.7. The van der Waals surface area contributed by atoms with Crippen LogP contribution in [0.4, 0.5) is 14.0 Å². The summed E-state index contributed by atoms with van der Waals surface area (Å²) >= 11 is 0. The Labute approximate surface area is 366 Å². The Kier molecular flexibility index (Phi) is 11.8. The van der Waals surface area contributed by atoms with Crippen LogP contribution < -0.4 is 4.74 Å². The van der Waals surface area contributed by atoms with Gasteiger partial charge in [0.25, 0.3) is 0 Å². The van der Waals surface area contributed by atoms with Gasteiger partial charge in [-0.2, -0.15) is 0 Å². The van der Waals surface area contributed by atoms with E-state index in [0.717, 1.165) is 84.0 Å². The van der Waals surface area contributed by atoms with Crippen molar-refractivity contribution in [3.05, 3.63) is 82.7 Å². The van der Waals surface area contributed by atoms with Gasteiger partial charge in [0.2, 0.25) is 0 Å². The Bertz CT molecular complexity index is 2390. The number of fused-ring (bicyclic) bond motifs is 4. The van der Waals surface area contributed by atoms with Gasteiger partial charge in [0, 0.05) is 70.5 Å². The van der Waals surface area contributed by atoms with E-state index in [1.807, 2.05) is 47.7 Å². The Morgan fingerprint density at radius 1 is 1.02 bits per heavy atom. The second-order valence-electron chi connectivity index (χ2n) is 20.1. The number of halogens is 1. The van der Waals surface area contributed by atoms with Crippen molar-refractivity contribution >= 4 is 28.8 Å². The number of aliphatic imine (C=N–C) groups is 1. The first-order valence-corrected chi connectivity index (χ1v) is 22.8. The quantitative estimate of drug-likeness (QED) is 0.185. The Morgan fingerprint density at radius 3 is 2.47 bits per heavy atom. The molecule has 1 aliphatic carbocycles. The molecule has 4 aromatic rings. The molecule has 0 radical (unpaired) electrons. The Morgan fingerprint density at radius 2 is 1.77 bits per heavy atom. The van der Waals surface area contributed by atoms with Crippen molar-refractivity contribution < 1.29 is 28.2 Å². The average molecular weight is 849 g/mol. The number of imidazole rings is 1. The number of hydrogen-bond acceptors (Lipinski definition) is 7. The third-order valence-electron chi connectivity index (χ3n) is 13.0. The summed E-state index contributed by atoms with van der Waals surface area (Å²) in [5.41, 5.74) is 7.49. The minimum Gasteiger partial charge on any atom is -0.493 e. The number of amides is 2. The molecule has 2 aromatic heterocycles. The number of alkyl halides is 1. The maximum atomic E-state index is 15.1. The lowest BCUT2D eigenvalue weighted by Gasteiger charge is -2.42. The molecule has 12 heteroatoms. The largest absolute Gasteiger partial charge is 0.493 e. The van der Waals surface area contributed by atoms with Crippen LogP contribution in [0.1, 0.15) is 142 Å². The van der Waals surface area contributed by atoms with Crippen LogP contribution in [0.2, 0.25) is 0 Å². The molecule has 2 aromatic carbocycles. The molecule has 2 amide bonds. The highest BCUT2D eigenvalue weighted by atomic mass is 19.1. The highest BCUT2D eigenvalue weighted by molar-refractivity contribution is 6.01. The molecule has 3 fully saturated rings. The minimum absolute atomic E-state index is 0.00365. The number of aromatic amines is 1. The molecule has 62 heavy (non-hydrogen) atoms. The zero-order valence-corrected chi connectivity index (χ0v) is 38.2. The number of likely N-dealkylation sites (tertiary alicyclic amines) is 2. The van der Waals surface area contributed by atoms with E-state index < -0.39 is 23.5 Å². The zero-order chi connectivity index (χ0) is 44.1. The number of carbonyl (C=O) groups excluding carboxylic acids is 2. The van der Waals surface area contributed by atoms with Gasteiger partial charge in [-0.05, 0) is 116 Å². The first-order chi connectivity index (χ1) is 29.4. The van der Waals surface area contributed by atoms with Crippen molar-refractivity contribution in [2.45, 2.75) is 150 Å². The number of ether oxygens (including phenoxy) is 3. The fourth-order valence-corrected chi connectivity index (χ4v) is 9.46. The summed E-state index contributed by atoms with van der Waals surface area (Å²) in [6.45, 7) is 19.6. The SMILES string of the molecule is CCC(=N/C(=C1/CC(F)CN1C(=O)OC(C)(C)C)C(C)CC)c1ccc2c(c1)OCC1(CCC1)Cn1c(cc3cc(-c4cnc(C5CCCN5C(=O)OC(C)(C)C)[nH]4)ccc31)C2. The molecule has 3 aliphatic heterocycles. The van der Waals surface area contributed by atoms with E-state index in [9.17, 15) is 9.59 Å². The van der Waals surface area contributed by atoms with E-state index in [-0.39, 0.29) is 36.4 Å². The number of allylic oxidation sites excluding steroid dienone is 2. The fraction of sp³-hybridized carbons (Fsp3) is 0.560. The topological polar surface area (TPSA) is 114 Å². The van der Waals surface area contributed by atoms with E-state index >= 15 is 4.39 Å². The van der Waals surface area contributed by atoms with Crippen molar-refractivity contribution in [1.29, 1.82) is 0 Å². The fourth-order valence-electron chi connectivity index (χ4n) is 9.46. The summed E-state index contributed by atoms with van der Waals surface area (Å²) in [7, 11) is 0. The number of aromatic nitrogens is 3. The summed E-state index contributed by atoms with van der Waals surface area (Å²) < 4.78 is 35.9. The van der Waals surface area contributed by atoms with Crippen LogP contribution in [0.3, 0.4) is 0 Å². The van der Waals surface area contributed by atoms with Crippen LogP contribution in [0.15, 0.2) is 65.0 Å². The van der Waals surface area contributed by atoms with Crippen LogP contribution >= 0.6 is 0 Å². The molecule has 1 saturated carbocycles. The zero-order valence-electron chi connectivity index (χ0n) is 38.2. The van der Waals surface area contributed by atoms with E-state index in [2.05, 4.69) is 72.8 Å². The van der Waals surface area contributed by atoms with Crippen molar-refractivity contribution in [3.63, 3.8) is 0 Å². The number of H-pyrrole nitrogens is 1. The molecule has 2 saturated heterocycles. The number of benzene rings is 2. The number of nitrogens with zero attached hydrogens (tertiary/aromatic N) is 5. The average Bonchev–Trinajstić information content (AvgIpc) is 4.01. The molecular weight excluding hydrogens is 784 g/mol. The number of carbonyl (C=O) groups is 2. The molecule has 3 unspecified atom stereocenters. The summed E-state index contributed by atoms with van der Waals surface area (Å²) in [5, 5.41) is 1.17. The lowest BCUT2D eigenvalue weighted by Crippen LogP contribution is -2.39. The van der Waals surface area contributed by atoms with E-state index in [4.69, 9.17) is 24.2 Å². The summed E-state index contributed by atoms with van der Waals surface area (Å²) in [6, 6.07) is 15.3. The Balaban J connectivity index is 1.11. The van der Waals surface area contributed by atoms with Gasteiger partial charge in [0.15, 0.2) is 0 Å². The minimum atomic E-state index is -1.18. The maximum absolute atomic E-state index is 15.1. The van der Waals surface area contributed by atoms with Crippen molar-refractivity contribution in [2.24, 2.45) is 16.3 Å². The van der Waals surface area contributed by atoms with E-state index in [1.54, 1.807) is 4.90 Å². The van der Waals surface area contributed by atoms with Crippen LogP contribution in [0.25, 0.3) is 22.2 Å². The number of rotatable bonds is 7. The van der Waals surface area contributed by atoms with Gasteiger partial charge in [0.05, 0.1) is 36.8 Å². The normalized spacial score (nSPS) is 21.7. The summed E-state index contributed by atoms with van der Waals surface area (Å²) in [4.78, 5) is 43.3. The van der Waals surface area contributed by atoms with Gasteiger partial charge in [-0.3, -0.25) is 14.8 Å². The monoisotopic (exact) mass is 849 g/mol. The second kappa shape index (κ2) is 16.9. The third-order valence-corrected chi connectivity index (χ3v) is 13.0. The van der Waals surface area contributed by atoms with Crippen LogP contribution in [0.5, 0.6) is 5.75 Å². The van der Waals surface area contributed by atoms with Crippen molar-refractivity contribution in [1.82, 2.24) is 24.3 Å². The molecule has 0 bridgehead atoms. The van der Waals surface area contributed by atoms with Gasteiger partial charge in [-0.1, -0.05) is 45.4 Å². The first-order valence-electron chi connectivity index (χ1n) is 22.8. The van der Waals surface area contributed by atoms with Crippen LogP contribution in [-0.4, -0.2) is 79.3 Å². The summed E-state index contributed by atoms with van der Waals surface area (Å²) in [5.74, 6) is 1.65. The molecule has 11 nitrogen and oxygen atoms in total. The van der Waals surface area contributed by atoms with Crippen molar-refractivity contribution in [3.8, 4) is 17.0 Å². The van der Waals surface area contributed by atoms with Gasteiger partial charge in [-0.25, -0.2) is 19.0 Å². The Hall–Kier alpha value is -5.13. The van der Waals surface area contributed by atoms with Crippen molar-refractivity contribution in [2.75, 3.05) is 19.7 Å². The molecule has 8 rings (SSSR count). The molecule has 5 heterocycles. The maximum Gasteiger partial charge on any atom is 0.414 e. The third kappa shape index (κ3) is 9.02. The van der Waals surface area contributed by atoms with E-state index in [1.165, 1.54) is 27.9 Å². The first kappa shape index (κ1) is 43.5. The highest BCUT2D eigenvalue weighted by Gasteiger charge is 2.41. The standard InChI is InChI=1S/C50H65FN6O5/c1-10-31(3)44(42-26-36(51)28-56(42)47(59)62-49(7,8)9)53-38(11-2)33-15-16-34-23-37-24-35-22-32(17-18-40(35)57(37)29-50(19-13-20-50)30-60-43(34)25-33)39-27-52-45(54-39)41-14-12-21-55(41)46(58)61-48(4,5)6/h15-18,22,24-25,27,31,36,41H,10-14,19-21,23,26,28-30H2,1-9H3,(H,52,54)/b44-42-,53-38?. The lowest BCUT2D eigenvalue weighted by molar-refractivity contribution is 0.0217. The predicted molar refractivity (Wildman–Crippen MR) is 241 cm³/mol. The van der Waals surface area contributed by atoms with Gasteiger partial charge in [0.1, 0.15) is 28.9 Å². The van der Waals surface area contributed by atoms with E-state index in [0.29, 0.717) is 31.7 Å². The molecule has 3 atom stereocenters. The smallest absolute Gasteiger partial charge is 0.414 e. The molecule has 1 spiro atoms. The number of nitrogens with one attached hydrogen (secondary N) is 1. The van der Waals surface area contributed by atoms with Gasteiger partial charge in [-0.15, -0.1) is 0 Å². The summed E-state index contributed by atoms with van der Waals surface area (Å²) in [6.07, 6.45) is 7.29. The second-order valence-corrected chi connectivity index (χ2v) is 20.1. The highest BCUT2D eigenvalue weighted by Crippen LogP contribution is 2.46. The van der Waals surface area contributed by atoms with Gasteiger partial charge < -0.3 is 23.8 Å². The molecular formula is C50H65FN6O5. The molecule has 4 aliphatic rings. The van der Waals surface area contributed by atoms with Crippen LogP contribution in [0, 0.1) is 11.3 Å². The van der Waals surface area contributed by atoms with Crippen LogP contribution in [-0.2, 0) is 22.4 Å². The van der Waals surface area contributed by atoms with Gasteiger partial charge >= 0.3 is 12.2 Å².